The fourth-order valence-electron chi connectivity index (χ4n) is 1.69. The Balaban J connectivity index is 2.29. The summed E-state index contributed by atoms with van der Waals surface area (Å²) < 4.78 is 0.788. The maximum Gasteiger partial charge on any atom is 0.266 e. The number of carbonyl (C=O) groups excluding carboxylic acids is 1. The minimum atomic E-state index is -0.553. The molecule has 1 amide bonds. The fraction of sp³-hybridized carbons (Fsp3) is 0. The van der Waals surface area contributed by atoms with E-state index >= 15 is 0 Å². The molecule has 0 saturated carbocycles. The second kappa shape index (κ2) is 7.46. The third kappa shape index (κ3) is 3.89. The highest BCUT2D eigenvalue weighted by Gasteiger charge is 2.13. The Morgan fingerprint density at radius 3 is 2.59 bits per heavy atom. The van der Waals surface area contributed by atoms with Crippen molar-refractivity contribution in [1.29, 1.82) is 5.26 Å². The van der Waals surface area contributed by atoms with Crippen molar-refractivity contribution in [2.75, 3.05) is 5.32 Å². The number of nitriles is 1. The first-order valence-corrected chi connectivity index (χ1v) is 7.69. The molecular formula is C16H9BrCl2N2O. The van der Waals surface area contributed by atoms with E-state index in [0.29, 0.717) is 10.7 Å². The second-order valence-corrected chi connectivity index (χ2v) is 5.89. The Bertz CT molecular complexity index is 797. The Morgan fingerprint density at radius 2 is 1.91 bits per heavy atom. The van der Waals surface area contributed by atoms with Crippen LogP contribution in [0.3, 0.4) is 0 Å². The van der Waals surface area contributed by atoms with E-state index < -0.39 is 5.91 Å². The van der Waals surface area contributed by atoms with Crippen molar-refractivity contribution in [3.05, 3.63) is 68.1 Å². The third-order valence-electron chi connectivity index (χ3n) is 2.77. The summed E-state index contributed by atoms with van der Waals surface area (Å²) in [5, 5.41) is 12.3. The highest BCUT2D eigenvalue weighted by Crippen LogP contribution is 2.30. The van der Waals surface area contributed by atoms with Gasteiger partial charge in [0.1, 0.15) is 11.6 Å². The summed E-state index contributed by atoms with van der Waals surface area (Å²) in [5.74, 6) is -0.553. The monoisotopic (exact) mass is 394 g/mol. The molecule has 1 N–H and O–H groups in total. The minimum Gasteiger partial charge on any atom is -0.320 e. The van der Waals surface area contributed by atoms with Crippen molar-refractivity contribution in [2.24, 2.45) is 0 Å². The molecule has 0 bridgehead atoms. The lowest BCUT2D eigenvalue weighted by atomic mass is 10.1. The Morgan fingerprint density at radius 1 is 1.18 bits per heavy atom. The van der Waals surface area contributed by atoms with Gasteiger partial charge in [-0.25, -0.2) is 0 Å². The molecule has 0 unspecified atom stereocenters. The maximum atomic E-state index is 12.2. The van der Waals surface area contributed by atoms with E-state index in [1.165, 1.54) is 6.08 Å². The zero-order chi connectivity index (χ0) is 16.1. The lowest BCUT2D eigenvalue weighted by Gasteiger charge is -2.07. The van der Waals surface area contributed by atoms with Crippen molar-refractivity contribution in [3.63, 3.8) is 0 Å². The molecule has 0 atom stereocenters. The van der Waals surface area contributed by atoms with Crippen LogP contribution < -0.4 is 5.32 Å². The predicted octanol–water partition coefficient (Wildman–Crippen LogP) is 5.30. The van der Waals surface area contributed by atoms with E-state index in [9.17, 15) is 10.1 Å². The molecule has 2 aromatic carbocycles. The van der Waals surface area contributed by atoms with E-state index in [1.54, 1.807) is 24.3 Å². The number of nitrogens with zero attached hydrogens (tertiary/aromatic N) is 1. The summed E-state index contributed by atoms with van der Waals surface area (Å²) in [6.45, 7) is 0. The smallest absolute Gasteiger partial charge is 0.266 e. The van der Waals surface area contributed by atoms with Gasteiger partial charge in [0.2, 0.25) is 0 Å². The number of rotatable bonds is 3. The first-order valence-electron chi connectivity index (χ1n) is 6.14. The van der Waals surface area contributed by atoms with Crippen LogP contribution in [0.1, 0.15) is 5.56 Å². The highest BCUT2D eigenvalue weighted by atomic mass is 79.9. The van der Waals surface area contributed by atoms with Gasteiger partial charge in [-0.15, -0.1) is 0 Å². The van der Waals surface area contributed by atoms with Crippen LogP contribution in [-0.4, -0.2) is 5.91 Å². The Labute approximate surface area is 146 Å². The van der Waals surface area contributed by atoms with Gasteiger partial charge in [0.25, 0.3) is 5.91 Å². The fourth-order valence-corrected chi connectivity index (χ4v) is 2.43. The first kappa shape index (κ1) is 16.6. The number of hydrogen-bond donors (Lipinski definition) is 1. The van der Waals surface area contributed by atoms with Gasteiger partial charge in [0.05, 0.1) is 15.7 Å². The van der Waals surface area contributed by atoms with Gasteiger partial charge in [-0.05, 0) is 29.8 Å². The molecule has 0 radical (unpaired) electrons. The second-order valence-electron chi connectivity index (χ2n) is 4.25. The SMILES string of the molecule is N#C/C(=C\c1ccccc1Br)C(=O)Nc1cccc(Cl)c1Cl. The average molecular weight is 396 g/mol. The summed E-state index contributed by atoms with van der Waals surface area (Å²) in [5.41, 5.74) is 1.04. The number of carbonyl (C=O) groups is 1. The molecule has 6 heteroatoms. The van der Waals surface area contributed by atoms with E-state index in [-0.39, 0.29) is 10.6 Å². The highest BCUT2D eigenvalue weighted by molar-refractivity contribution is 9.10. The molecule has 0 spiro atoms. The molecule has 0 aliphatic carbocycles. The van der Waals surface area contributed by atoms with Crippen LogP contribution in [0.5, 0.6) is 0 Å². The zero-order valence-electron chi connectivity index (χ0n) is 11.1. The number of hydrogen-bond acceptors (Lipinski definition) is 2. The van der Waals surface area contributed by atoms with Gasteiger partial charge in [0.15, 0.2) is 0 Å². The molecule has 2 rings (SSSR count). The number of amides is 1. The van der Waals surface area contributed by atoms with Crippen LogP contribution in [0.25, 0.3) is 6.08 Å². The van der Waals surface area contributed by atoms with E-state index in [0.717, 1.165) is 10.0 Å². The summed E-state index contributed by atoms with van der Waals surface area (Å²) in [7, 11) is 0. The molecule has 0 heterocycles. The molecule has 0 aliphatic heterocycles. The normalized spacial score (nSPS) is 10.9. The van der Waals surface area contributed by atoms with Crippen molar-refractivity contribution in [3.8, 4) is 6.07 Å². The predicted molar refractivity (Wildman–Crippen MR) is 92.8 cm³/mol. The lowest BCUT2D eigenvalue weighted by molar-refractivity contribution is -0.112. The topological polar surface area (TPSA) is 52.9 Å². The number of nitrogens with one attached hydrogen (secondary N) is 1. The summed E-state index contributed by atoms with van der Waals surface area (Å²) in [6, 6.07) is 14.0. The van der Waals surface area contributed by atoms with Crippen LogP contribution in [0.15, 0.2) is 52.5 Å². The molecule has 0 saturated heterocycles. The van der Waals surface area contributed by atoms with Crippen LogP contribution in [0.4, 0.5) is 5.69 Å². The summed E-state index contributed by atoms with van der Waals surface area (Å²) in [4.78, 5) is 12.2. The summed E-state index contributed by atoms with van der Waals surface area (Å²) >= 11 is 15.3. The van der Waals surface area contributed by atoms with Gasteiger partial charge in [0, 0.05) is 4.47 Å². The average Bonchev–Trinajstić information content (AvgIpc) is 2.51. The Hall–Kier alpha value is -1.80. The molecule has 22 heavy (non-hydrogen) atoms. The van der Waals surface area contributed by atoms with Crippen molar-refractivity contribution in [1.82, 2.24) is 0 Å². The molecule has 3 nitrogen and oxygen atoms in total. The Kier molecular flexibility index (Phi) is 5.62. The molecule has 0 fully saturated rings. The van der Waals surface area contributed by atoms with Crippen LogP contribution in [0.2, 0.25) is 10.0 Å². The van der Waals surface area contributed by atoms with Crippen molar-refractivity contribution >= 4 is 56.8 Å². The zero-order valence-corrected chi connectivity index (χ0v) is 14.2. The van der Waals surface area contributed by atoms with Gasteiger partial charge < -0.3 is 5.32 Å². The first-order chi connectivity index (χ1) is 10.5. The maximum absolute atomic E-state index is 12.2. The van der Waals surface area contributed by atoms with Crippen LogP contribution in [-0.2, 0) is 4.79 Å². The van der Waals surface area contributed by atoms with Gasteiger partial charge in [-0.3, -0.25) is 4.79 Å². The van der Waals surface area contributed by atoms with E-state index in [4.69, 9.17) is 23.2 Å². The largest absolute Gasteiger partial charge is 0.320 e. The van der Waals surface area contributed by atoms with Gasteiger partial charge in [-0.2, -0.15) is 5.26 Å². The molecule has 2 aromatic rings. The quantitative estimate of drug-likeness (QED) is 0.566. The van der Waals surface area contributed by atoms with Crippen molar-refractivity contribution in [2.45, 2.75) is 0 Å². The minimum absolute atomic E-state index is 0.0389. The van der Waals surface area contributed by atoms with Gasteiger partial charge in [-0.1, -0.05) is 63.4 Å². The molecule has 0 aromatic heterocycles. The van der Waals surface area contributed by atoms with E-state index in [1.807, 2.05) is 24.3 Å². The molecular weight excluding hydrogens is 387 g/mol. The van der Waals surface area contributed by atoms with Crippen molar-refractivity contribution < 1.29 is 4.79 Å². The van der Waals surface area contributed by atoms with Crippen LogP contribution in [0, 0.1) is 11.3 Å². The molecule has 110 valence electrons. The van der Waals surface area contributed by atoms with E-state index in [2.05, 4.69) is 21.2 Å². The lowest BCUT2D eigenvalue weighted by Crippen LogP contribution is -2.13. The van der Waals surface area contributed by atoms with Gasteiger partial charge >= 0.3 is 0 Å². The standard InChI is InChI=1S/C16H9BrCl2N2O/c17-12-5-2-1-4-10(12)8-11(9-20)16(22)21-14-7-3-6-13(18)15(14)19/h1-8H,(H,21,22)/b11-8+. The summed E-state index contributed by atoms with van der Waals surface area (Å²) in [6.07, 6.45) is 1.50. The number of benzene rings is 2. The number of halogens is 3. The molecule has 0 aliphatic rings. The third-order valence-corrected chi connectivity index (χ3v) is 4.31. The van der Waals surface area contributed by atoms with Crippen LogP contribution >= 0.6 is 39.1 Å². The number of anilines is 1.